The SMILES string of the molecule is Cc1cccc(CNc2cc(F)ccc2[N+](=O)[O-])c1. The second-order valence-electron chi connectivity index (χ2n) is 4.26. The van der Waals surface area contributed by atoms with E-state index in [-0.39, 0.29) is 11.4 Å². The molecule has 19 heavy (non-hydrogen) atoms. The topological polar surface area (TPSA) is 55.2 Å². The predicted octanol–water partition coefficient (Wildman–Crippen LogP) is 3.65. The van der Waals surface area contributed by atoms with Crippen LogP contribution in [0.25, 0.3) is 0 Å². The van der Waals surface area contributed by atoms with Gasteiger partial charge in [-0.1, -0.05) is 29.8 Å². The first-order valence-corrected chi connectivity index (χ1v) is 5.79. The molecular formula is C14H13FN2O2. The molecule has 0 aliphatic rings. The van der Waals surface area contributed by atoms with E-state index in [1.807, 2.05) is 31.2 Å². The molecule has 98 valence electrons. The van der Waals surface area contributed by atoms with Crippen LogP contribution in [-0.2, 0) is 6.54 Å². The summed E-state index contributed by atoms with van der Waals surface area (Å²) in [5, 5.41) is 13.7. The van der Waals surface area contributed by atoms with Gasteiger partial charge in [-0.3, -0.25) is 10.1 Å². The van der Waals surface area contributed by atoms with Gasteiger partial charge in [0.2, 0.25) is 0 Å². The zero-order chi connectivity index (χ0) is 13.8. The molecule has 0 amide bonds. The van der Waals surface area contributed by atoms with Crippen molar-refractivity contribution in [3.63, 3.8) is 0 Å². The first kappa shape index (κ1) is 13.0. The van der Waals surface area contributed by atoms with Crippen LogP contribution < -0.4 is 5.32 Å². The Balaban J connectivity index is 2.19. The van der Waals surface area contributed by atoms with Gasteiger partial charge in [-0.25, -0.2) is 4.39 Å². The lowest BCUT2D eigenvalue weighted by Crippen LogP contribution is -2.03. The number of benzene rings is 2. The van der Waals surface area contributed by atoms with Crippen molar-refractivity contribution >= 4 is 11.4 Å². The Morgan fingerprint density at radius 1 is 1.26 bits per heavy atom. The number of halogens is 1. The van der Waals surface area contributed by atoms with Crippen molar-refractivity contribution in [2.24, 2.45) is 0 Å². The van der Waals surface area contributed by atoms with Crippen LogP contribution in [0.4, 0.5) is 15.8 Å². The molecule has 0 aromatic heterocycles. The molecule has 0 atom stereocenters. The molecule has 0 saturated carbocycles. The molecule has 0 bridgehead atoms. The molecule has 2 aromatic carbocycles. The Morgan fingerprint density at radius 3 is 2.74 bits per heavy atom. The fourth-order valence-electron chi connectivity index (χ4n) is 1.83. The van der Waals surface area contributed by atoms with Crippen LogP contribution in [0.15, 0.2) is 42.5 Å². The number of nitrogens with one attached hydrogen (secondary N) is 1. The Hall–Kier alpha value is -2.43. The molecule has 0 heterocycles. The number of anilines is 1. The zero-order valence-electron chi connectivity index (χ0n) is 10.4. The largest absolute Gasteiger partial charge is 0.375 e. The molecule has 0 spiro atoms. The third kappa shape index (κ3) is 3.28. The highest BCUT2D eigenvalue weighted by Gasteiger charge is 2.13. The van der Waals surface area contributed by atoms with E-state index in [0.29, 0.717) is 6.54 Å². The summed E-state index contributed by atoms with van der Waals surface area (Å²) in [6, 6.07) is 11.1. The van der Waals surface area contributed by atoms with Crippen LogP contribution in [0.3, 0.4) is 0 Å². The highest BCUT2D eigenvalue weighted by molar-refractivity contribution is 5.61. The van der Waals surface area contributed by atoms with Gasteiger partial charge in [-0.15, -0.1) is 0 Å². The van der Waals surface area contributed by atoms with E-state index in [1.54, 1.807) is 0 Å². The van der Waals surface area contributed by atoms with E-state index in [2.05, 4.69) is 5.32 Å². The molecule has 0 aliphatic carbocycles. The molecule has 1 N–H and O–H groups in total. The van der Waals surface area contributed by atoms with Gasteiger partial charge < -0.3 is 5.32 Å². The number of nitro benzene ring substituents is 1. The maximum absolute atomic E-state index is 13.1. The van der Waals surface area contributed by atoms with Crippen LogP contribution in [0.5, 0.6) is 0 Å². The highest BCUT2D eigenvalue weighted by atomic mass is 19.1. The summed E-state index contributed by atoms with van der Waals surface area (Å²) in [6.07, 6.45) is 0. The lowest BCUT2D eigenvalue weighted by atomic mass is 10.1. The standard InChI is InChI=1S/C14H13FN2O2/c1-10-3-2-4-11(7-10)9-16-13-8-12(15)5-6-14(13)17(18)19/h2-8,16H,9H2,1H3. The first-order chi connectivity index (χ1) is 9.06. The first-order valence-electron chi connectivity index (χ1n) is 5.79. The maximum atomic E-state index is 13.1. The minimum Gasteiger partial charge on any atom is -0.375 e. The second kappa shape index (κ2) is 5.48. The summed E-state index contributed by atoms with van der Waals surface area (Å²) in [7, 11) is 0. The molecule has 0 radical (unpaired) electrons. The van der Waals surface area contributed by atoms with E-state index in [0.717, 1.165) is 29.3 Å². The van der Waals surface area contributed by atoms with Gasteiger partial charge in [0, 0.05) is 18.7 Å². The summed E-state index contributed by atoms with van der Waals surface area (Å²) in [5.41, 5.74) is 2.15. The Labute approximate surface area is 110 Å². The Kier molecular flexibility index (Phi) is 3.75. The van der Waals surface area contributed by atoms with Crippen molar-refractivity contribution in [1.29, 1.82) is 0 Å². The van der Waals surface area contributed by atoms with E-state index in [4.69, 9.17) is 0 Å². The van der Waals surface area contributed by atoms with Crippen molar-refractivity contribution in [2.45, 2.75) is 13.5 Å². The quantitative estimate of drug-likeness (QED) is 0.674. The van der Waals surface area contributed by atoms with Crippen LogP contribution in [0, 0.1) is 22.9 Å². The van der Waals surface area contributed by atoms with E-state index >= 15 is 0 Å². The van der Waals surface area contributed by atoms with Gasteiger partial charge in [0.15, 0.2) is 0 Å². The van der Waals surface area contributed by atoms with Crippen molar-refractivity contribution in [1.82, 2.24) is 0 Å². The van der Waals surface area contributed by atoms with Crippen molar-refractivity contribution in [2.75, 3.05) is 5.32 Å². The monoisotopic (exact) mass is 260 g/mol. The van der Waals surface area contributed by atoms with Crippen LogP contribution in [0.1, 0.15) is 11.1 Å². The average molecular weight is 260 g/mol. The second-order valence-corrected chi connectivity index (χ2v) is 4.26. The molecule has 0 unspecified atom stereocenters. The van der Waals surface area contributed by atoms with Gasteiger partial charge >= 0.3 is 0 Å². The van der Waals surface area contributed by atoms with Gasteiger partial charge in [-0.05, 0) is 18.6 Å². The Morgan fingerprint density at radius 2 is 2.05 bits per heavy atom. The number of nitrogens with zero attached hydrogens (tertiary/aromatic N) is 1. The van der Waals surface area contributed by atoms with Gasteiger partial charge in [0.05, 0.1) is 4.92 Å². The predicted molar refractivity (Wildman–Crippen MR) is 71.6 cm³/mol. The van der Waals surface area contributed by atoms with Crippen LogP contribution in [-0.4, -0.2) is 4.92 Å². The molecule has 0 saturated heterocycles. The molecule has 4 nitrogen and oxygen atoms in total. The molecule has 2 rings (SSSR count). The third-order valence-electron chi connectivity index (χ3n) is 2.72. The van der Waals surface area contributed by atoms with Crippen molar-refractivity contribution < 1.29 is 9.31 Å². The highest BCUT2D eigenvalue weighted by Crippen LogP contribution is 2.25. The molecule has 5 heteroatoms. The molecule has 2 aromatic rings. The van der Waals surface area contributed by atoms with Crippen molar-refractivity contribution in [3.8, 4) is 0 Å². The summed E-state index contributed by atoms with van der Waals surface area (Å²) in [4.78, 5) is 10.3. The maximum Gasteiger partial charge on any atom is 0.292 e. The van der Waals surface area contributed by atoms with Crippen LogP contribution in [0.2, 0.25) is 0 Å². The number of nitro groups is 1. The van der Waals surface area contributed by atoms with E-state index in [9.17, 15) is 14.5 Å². The minimum absolute atomic E-state index is 0.131. The normalized spacial score (nSPS) is 10.2. The Bertz CT molecular complexity index is 614. The third-order valence-corrected chi connectivity index (χ3v) is 2.72. The minimum atomic E-state index is -0.530. The van der Waals surface area contributed by atoms with Crippen LogP contribution >= 0.6 is 0 Å². The van der Waals surface area contributed by atoms with Crippen molar-refractivity contribution in [3.05, 3.63) is 69.5 Å². The zero-order valence-corrected chi connectivity index (χ0v) is 10.4. The van der Waals surface area contributed by atoms with Gasteiger partial charge in [-0.2, -0.15) is 0 Å². The number of hydrogen-bond donors (Lipinski definition) is 1. The average Bonchev–Trinajstić information content (AvgIpc) is 2.36. The lowest BCUT2D eigenvalue weighted by molar-refractivity contribution is -0.384. The smallest absolute Gasteiger partial charge is 0.292 e. The fourth-order valence-corrected chi connectivity index (χ4v) is 1.83. The number of hydrogen-bond acceptors (Lipinski definition) is 3. The number of aryl methyl sites for hydroxylation is 1. The fraction of sp³-hybridized carbons (Fsp3) is 0.143. The molecular weight excluding hydrogens is 247 g/mol. The van der Waals surface area contributed by atoms with Gasteiger partial charge in [0.1, 0.15) is 11.5 Å². The summed E-state index contributed by atoms with van der Waals surface area (Å²) in [5.74, 6) is -0.502. The lowest BCUT2D eigenvalue weighted by Gasteiger charge is -2.08. The molecule has 0 fully saturated rings. The molecule has 0 aliphatic heterocycles. The summed E-state index contributed by atoms with van der Waals surface area (Å²) in [6.45, 7) is 2.38. The summed E-state index contributed by atoms with van der Waals surface area (Å²) >= 11 is 0. The number of rotatable bonds is 4. The van der Waals surface area contributed by atoms with E-state index < -0.39 is 10.7 Å². The van der Waals surface area contributed by atoms with E-state index in [1.165, 1.54) is 0 Å². The summed E-state index contributed by atoms with van der Waals surface area (Å²) < 4.78 is 13.1. The van der Waals surface area contributed by atoms with Gasteiger partial charge in [0.25, 0.3) is 5.69 Å².